The lowest BCUT2D eigenvalue weighted by Crippen LogP contribution is -2.30. The lowest BCUT2D eigenvalue weighted by molar-refractivity contribution is 0.0652. The number of fused-ring (bicyclic) bond motifs is 1. The number of carbonyl (C=O) groups excluding carboxylic acids is 3. The van der Waals surface area contributed by atoms with E-state index in [4.69, 9.17) is 4.74 Å². The number of nitrogens with zero attached hydrogens (tertiary/aromatic N) is 1. The molecule has 0 saturated heterocycles. The fraction of sp³-hybridized carbons (Fsp3) is 0.348. The van der Waals surface area contributed by atoms with Gasteiger partial charge in [-0.1, -0.05) is 31.0 Å². The maximum Gasteiger partial charge on any atom is 0.261 e. The van der Waals surface area contributed by atoms with Crippen LogP contribution >= 0.6 is 0 Å². The van der Waals surface area contributed by atoms with Crippen LogP contribution in [0.25, 0.3) is 0 Å². The molecule has 3 amide bonds. The number of hydrogen-bond donors (Lipinski definition) is 1. The number of unbranched alkanes of at least 4 members (excludes halogenated alkanes) is 1. The maximum atomic E-state index is 12.8. The monoisotopic (exact) mass is 394 g/mol. The number of amides is 3. The fourth-order valence-corrected chi connectivity index (χ4v) is 3.50. The molecule has 0 fully saturated rings. The minimum atomic E-state index is -0.332. The highest BCUT2D eigenvalue weighted by Gasteiger charge is 2.35. The largest absolute Gasteiger partial charge is 0.496 e. The maximum absolute atomic E-state index is 12.8. The number of ether oxygens (including phenoxy) is 1. The number of imide groups is 1. The Morgan fingerprint density at radius 3 is 2.52 bits per heavy atom. The van der Waals surface area contributed by atoms with E-state index >= 15 is 0 Å². The number of aryl methyl sites for hydroxylation is 1. The average Bonchev–Trinajstić information content (AvgIpc) is 2.95. The van der Waals surface area contributed by atoms with E-state index in [1.165, 1.54) is 11.0 Å². The molecule has 1 aliphatic rings. The summed E-state index contributed by atoms with van der Waals surface area (Å²) >= 11 is 0. The van der Waals surface area contributed by atoms with Crippen LogP contribution in [0.5, 0.6) is 5.75 Å². The summed E-state index contributed by atoms with van der Waals surface area (Å²) in [6.45, 7) is 6.26. The number of rotatable bonds is 7. The van der Waals surface area contributed by atoms with Crippen molar-refractivity contribution in [2.24, 2.45) is 0 Å². The Labute approximate surface area is 170 Å². The van der Waals surface area contributed by atoms with Crippen molar-refractivity contribution in [2.75, 3.05) is 13.7 Å². The third-order valence-electron chi connectivity index (χ3n) is 5.17. The van der Waals surface area contributed by atoms with E-state index in [1.54, 1.807) is 19.2 Å². The van der Waals surface area contributed by atoms with Crippen LogP contribution in [-0.4, -0.2) is 36.3 Å². The molecule has 2 aromatic carbocycles. The second kappa shape index (κ2) is 8.47. The van der Waals surface area contributed by atoms with Gasteiger partial charge in [0.2, 0.25) is 0 Å². The summed E-state index contributed by atoms with van der Waals surface area (Å²) in [4.78, 5) is 39.1. The van der Waals surface area contributed by atoms with Crippen LogP contribution in [0.15, 0.2) is 36.4 Å². The predicted molar refractivity (Wildman–Crippen MR) is 110 cm³/mol. The summed E-state index contributed by atoms with van der Waals surface area (Å²) in [5.74, 6) is -0.231. The quantitative estimate of drug-likeness (QED) is 0.723. The molecule has 0 spiro atoms. The van der Waals surface area contributed by atoms with Gasteiger partial charge in [-0.3, -0.25) is 19.3 Å². The first-order valence-corrected chi connectivity index (χ1v) is 9.83. The summed E-state index contributed by atoms with van der Waals surface area (Å²) in [6.07, 6.45) is 1.65. The molecule has 1 N–H and O–H groups in total. The first-order valence-electron chi connectivity index (χ1n) is 9.83. The van der Waals surface area contributed by atoms with E-state index < -0.39 is 0 Å². The van der Waals surface area contributed by atoms with Crippen molar-refractivity contribution in [1.29, 1.82) is 0 Å². The molecular formula is C23H26N2O4. The summed E-state index contributed by atoms with van der Waals surface area (Å²) in [7, 11) is 1.59. The van der Waals surface area contributed by atoms with Crippen LogP contribution in [0.2, 0.25) is 0 Å². The average molecular weight is 394 g/mol. The lowest BCUT2D eigenvalue weighted by atomic mass is 10.0. The Bertz CT molecular complexity index is 967. The number of benzene rings is 2. The molecule has 1 aliphatic heterocycles. The zero-order chi connectivity index (χ0) is 21.1. The molecule has 3 rings (SSSR count). The molecule has 0 aliphatic carbocycles. The van der Waals surface area contributed by atoms with Crippen LogP contribution in [0, 0.1) is 6.92 Å². The standard InChI is InChI=1S/C23H26N2O4/c1-5-6-11-25-22(27)17-9-8-16(13-19(17)23(25)28)21(26)24-15(3)18-12-14(2)7-10-20(18)29-4/h7-10,12-13,15H,5-6,11H2,1-4H3,(H,24,26)/t15-/m1/s1. The van der Waals surface area contributed by atoms with E-state index in [9.17, 15) is 14.4 Å². The van der Waals surface area contributed by atoms with Crippen LogP contribution in [-0.2, 0) is 0 Å². The van der Waals surface area contributed by atoms with Gasteiger partial charge >= 0.3 is 0 Å². The lowest BCUT2D eigenvalue weighted by Gasteiger charge is -2.18. The Morgan fingerprint density at radius 1 is 1.10 bits per heavy atom. The van der Waals surface area contributed by atoms with Crippen molar-refractivity contribution >= 4 is 17.7 Å². The van der Waals surface area contributed by atoms with Gasteiger partial charge in [0.1, 0.15) is 5.75 Å². The third kappa shape index (κ3) is 4.01. The van der Waals surface area contributed by atoms with Crippen LogP contribution in [0.3, 0.4) is 0 Å². The second-order valence-corrected chi connectivity index (χ2v) is 7.32. The van der Waals surface area contributed by atoms with Crippen molar-refractivity contribution in [3.8, 4) is 5.75 Å². The number of hydrogen-bond acceptors (Lipinski definition) is 4. The molecular weight excluding hydrogens is 368 g/mol. The number of nitrogens with one attached hydrogen (secondary N) is 1. The summed E-state index contributed by atoms with van der Waals surface area (Å²) in [5.41, 5.74) is 2.94. The molecule has 1 atom stereocenters. The van der Waals surface area contributed by atoms with Gasteiger partial charge in [0, 0.05) is 17.7 Å². The minimum absolute atomic E-state index is 0.288. The smallest absolute Gasteiger partial charge is 0.261 e. The highest BCUT2D eigenvalue weighted by atomic mass is 16.5. The van der Waals surface area contributed by atoms with E-state index in [2.05, 4.69) is 5.32 Å². The third-order valence-corrected chi connectivity index (χ3v) is 5.17. The number of carbonyl (C=O) groups is 3. The molecule has 0 unspecified atom stereocenters. The Kier molecular flexibility index (Phi) is 6.01. The van der Waals surface area contributed by atoms with Crippen molar-refractivity contribution < 1.29 is 19.1 Å². The van der Waals surface area contributed by atoms with Gasteiger partial charge < -0.3 is 10.1 Å². The van der Waals surface area contributed by atoms with E-state index in [0.29, 0.717) is 29.0 Å². The zero-order valence-electron chi connectivity index (χ0n) is 17.2. The molecule has 6 nitrogen and oxygen atoms in total. The molecule has 152 valence electrons. The van der Waals surface area contributed by atoms with Crippen LogP contribution in [0.1, 0.15) is 74.9 Å². The van der Waals surface area contributed by atoms with Crippen molar-refractivity contribution in [3.63, 3.8) is 0 Å². The Morgan fingerprint density at radius 2 is 1.83 bits per heavy atom. The van der Waals surface area contributed by atoms with Crippen LogP contribution < -0.4 is 10.1 Å². The molecule has 0 saturated carbocycles. The van der Waals surface area contributed by atoms with Gasteiger partial charge in [-0.15, -0.1) is 0 Å². The molecule has 0 aromatic heterocycles. The van der Waals surface area contributed by atoms with E-state index in [0.717, 1.165) is 24.0 Å². The first kappa shape index (κ1) is 20.6. The Balaban J connectivity index is 1.80. The summed E-state index contributed by atoms with van der Waals surface area (Å²) in [5, 5.41) is 2.95. The topological polar surface area (TPSA) is 75.7 Å². The number of methoxy groups -OCH3 is 1. The molecule has 0 radical (unpaired) electrons. The van der Waals surface area contributed by atoms with Crippen molar-refractivity contribution in [1.82, 2.24) is 10.2 Å². The predicted octanol–water partition coefficient (Wildman–Crippen LogP) is 3.89. The minimum Gasteiger partial charge on any atom is -0.496 e. The molecule has 6 heteroatoms. The van der Waals surface area contributed by atoms with E-state index in [1.807, 2.05) is 39.0 Å². The van der Waals surface area contributed by atoms with E-state index in [-0.39, 0.29) is 23.8 Å². The van der Waals surface area contributed by atoms with Crippen molar-refractivity contribution in [2.45, 2.75) is 39.7 Å². The normalized spacial score (nSPS) is 14.0. The highest BCUT2D eigenvalue weighted by Crippen LogP contribution is 2.27. The van der Waals surface area contributed by atoms with Gasteiger partial charge in [0.15, 0.2) is 0 Å². The van der Waals surface area contributed by atoms with Crippen molar-refractivity contribution in [3.05, 3.63) is 64.2 Å². The Hall–Kier alpha value is -3.15. The highest BCUT2D eigenvalue weighted by molar-refractivity contribution is 6.22. The van der Waals surface area contributed by atoms with Gasteiger partial charge in [-0.2, -0.15) is 0 Å². The van der Waals surface area contributed by atoms with Crippen LogP contribution in [0.4, 0.5) is 0 Å². The summed E-state index contributed by atoms with van der Waals surface area (Å²) in [6, 6.07) is 10.2. The van der Waals surface area contributed by atoms with Gasteiger partial charge in [0.25, 0.3) is 17.7 Å². The van der Waals surface area contributed by atoms with Gasteiger partial charge in [-0.25, -0.2) is 0 Å². The molecule has 0 bridgehead atoms. The SMILES string of the molecule is CCCCN1C(=O)c2ccc(C(=O)N[C@H](C)c3cc(C)ccc3OC)cc2C1=O. The molecule has 1 heterocycles. The fourth-order valence-electron chi connectivity index (χ4n) is 3.50. The second-order valence-electron chi connectivity index (χ2n) is 7.32. The van der Waals surface area contributed by atoms with Gasteiger partial charge in [0.05, 0.1) is 24.3 Å². The van der Waals surface area contributed by atoms with Gasteiger partial charge in [-0.05, 0) is 44.5 Å². The first-order chi connectivity index (χ1) is 13.9. The zero-order valence-corrected chi connectivity index (χ0v) is 17.2. The summed E-state index contributed by atoms with van der Waals surface area (Å²) < 4.78 is 5.40. The molecule has 29 heavy (non-hydrogen) atoms. The molecule has 2 aromatic rings.